The summed E-state index contributed by atoms with van der Waals surface area (Å²) in [5.41, 5.74) is 4.71. The summed E-state index contributed by atoms with van der Waals surface area (Å²) in [6.07, 6.45) is 3.52. The molecule has 0 spiro atoms. The molecule has 0 aliphatic rings. The predicted molar refractivity (Wildman–Crippen MR) is 82.1 cm³/mol. The van der Waals surface area contributed by atoms with Crippen LogP contribution in [0.3, 0.4) is 0 Å². The highest BCUT2D eigenvalue weighted by Crippen LogP contribution is 2.35. The second-order valence-corrected chi connectivity index (χ2v) is 5.59. The van der Waals surface area contributed by atoms with E-state index in [4.69, 9.17) is 0 Å². The molecular weight excluding hydrogens is 268 g/mol. The van der Waals surface area contributed by atoms with Crippen LogP contribution in [0.25, 0.3) is 21.8 Å². The van der Waals surface area contributed by atoms with E-state index in [0.717, 1.165) is 33.0 Å². The van der Waals surface area contributed by atoms with Gasteiger partial charge in [-0.2, -0.15) is 0 Å². The van der Waals surface area contributed by atoms with Crippen molar-refractivity contribution in [3.8, 4) is 21.8 Å². The van der Waals surface area contributed by atoms with Crippen LogP contribution < -0.4 is 0 Å². The summed E-state index contributed by atoms with van der Waals surface area (Å²) < 4.78 is 0. The average Bonchev–Trinajstić information content (AvgIpc) is 3.06. The van der Waals surface area contributed by atoms with Crippen LogP contribution in [0.2, 0.25) is 0 Å². The second-order valence-electron chi connectivity index (χ2n) is 4.64. The number of ketones is 1. The smallest absolute Gasteiger partial charge is 0.162 e. The van der Waals surface area contributed by atoms with Gasteiger partial charge in [0.1, 0.15) is 0 Å². The summed E-state index contributed by atoms with van der Waals surface area (Å²) in [6.45, 7) is 3.60. The maximum absolute atomic E-state index is 12.0. The third-order valence-corrected chi connectivity index (χ3v) is 4.23. The Bertz CT molecular complexity index is 742. The van der Waals surface area contributed by atoms with E-state index in [2.05, 4.69) is 9.97 Å². The van der Waals surface area contributed by atoms with Gasteiger partial charge >= 0.3 is 0 Å². The lowest BCUT2D eigenvalue weighted by molar-refractivity contribution is 0.101. The van der Waals surface area contributed by atoms with Gasteiger partial charge < -0.3 is 4.98 Å². The summed E-state index contributed by atoms with van der Waals surface area (Å²) in [4.78, 5) is 20.5. The number of nitrogens with zero attached hydrogens (tertiary/aromatic N) is 1. The van der Waals surface area contributed by atoms with Crippen molar-refractivity contribution in [1.82, 2.24) is 9.97 Å². The molecule has 1 N–H and O–H groups in total. The summed E-state index contributed by atoms with van der Waals surface area (Å²) in [6, 6.07) is 7.91. The van der Waals surface area contributed by atoms with Gasteiger partial charge in [0.15, 0.2) is 5.78 Å². The first-order valence-electron chi connectivity index (χ1n) is 6.36. The van der Waals surface area contributed by atoms with Crippen LogP contribution in [0.5, 0.6) is 0 Å². The van der Waals surface area contributed by atoms with E-state index < -0.39 is 0 Å². The van der Waals surface area contributed by atoms with Crippen LogP contribution in [0.1, 0.15) is 22.8 Å². The third-order valence-electron chi connectivity index (χ3n) is 3.34. The second kappa shape index (κ2) is 5.06. The van der Waals surface area contributed by atoms with Gasteiger partial charge in [-0.1, -0.05) is 6.07 Å². The van der Waals surface area contributed by atoms with E-state index in [-0.39, 0.29) is 5.78 Å². The maximum atomic E-state index is 12.0. The van der Waals surface area contributed by atoms with Crippen molar-refractivity contribution in [1.29, 1.82) is 0 Å². The molecule has 0 amide bonds. The third kappa shape index (κ3) is 2.08. The molecule has 3 heterocycles. The molecule has 0 aromatic carbocycles. The minimum absolute atomic E-state index is 0.0856. The van der Waals surface area contributed by atoms with Crippen LogP contribution in [-0.2, 0) is 0 Å². The largest absolute Gasteiger partial charge is 0.353 e. The number of aromatic amines is 1. The summed E-state index contributed by atoms with van der Waals surface area (Å²) in [5.74, 6) is 0.0856. The molecule has 0 saturated heterocycles. The number of carbonyl (C=O) groups excluding carboxylic acids is 1. The zero-order chi connectivity index (χ0) is 14.1. The van der Waals surface area contributed by atoms with Gasteiger partial charge in [-0.3, -0.25) is 9.78 Å². The normalized spacial score (nSPS) is 10.7. The standard InChI is InChI=1S/C16H14N2OS/c1-10-14(11(2)19)16(13-4-3-9-20-13)18-15(10)12-5-7-17-8-6-12/h3-9,18H,1-2H3. The first-order chi connectivity index (χ1) is 9.68. The molecule has 0 radical (unpaired) electrons. The van der Waals surface area contributed by atoms with E-state index in [1.165, 1.54) is 0 Å². The number of rotatable bonds is 3. The lowest BCUT2D eigenvalue weighted by Gasteiger charge is -1.99. The SMILES string of the molecule is CC(=O)c1c(-c2cccs2)[nH]c(-c2ccncc2)c1C. The number of hydrogen-bond donors (Lipinski definition) is 1. The van der Waals surface area contributed by atoms with Crippen LogP contribution in [-0.4, -0.2) is 15.8 Å². The van der Waals surface area contributed by atoms with Crippen LogP contribution in [0, 0.1) is 6.92 Å². The molecular formula is C16H14N2OS. The van der Waals surface area contributed by atoms with Crippen molar-refractivity contribution in [2.75, 3.05) is 0 Å². The van der Waals surface area contributed by atoms with E-state index in [0.29, 0.717) is 0 Å². The van der Waals surface area contributed by atoms with Crippen molar-refractivity contribution in [2.24, 2.45) is 0 Å². The molecule has 0 saturated carbocycles. The Morgan fingerprint density at radius 1 is 1.20 bits per heavy atom. The fraction of sp³-hybridized carbons (Fsp3) is 0.125. The van der Waals surface area contributed by atoms with Crippen LogP contribution >= 0.6 is 11.3 Å². The summed E-state index contributed by atoms with van der Waals surface area (Å²) >= 11 is 1.63. The maximum Gasteiger partial charge on any atom is 0.162 e. The van der Waals surface area contributed by atoms with Crippen molar-refractivity contribution >= 4 is 17.1 Å². The van der Waals surface area contributed by atoms with Crippen molar-refractivity contribution < 1.29 is 4.79 Å². The Kier molecular flexibility index (Phi) is 3.24. The molecule has 0 aliphatic heterocycles. The highest BCUT2D eigenvalue weighted by Gasteiger charge is 2.20. The van der Waals surface area contributed by atoms with Gasteiger partial charge in [0, 0.05) is 29.2 Å². The molecule has 3 rings (SSSR count). The van der Waals surface area contributed by atoms with Gasteiger partial charge in [0.05, 0.1) is 10.6 Å². The van der Waals surface area contributed by atoms with Crippen LogP contribution in [0.4, 0.5) is 0 Å². The molecule has 20 heavy (non-hydrogen) atoms. The van der Waals surface area contributed by atoms with Gasteiger partial charge in [0.25, 0.3) is 0 Å². The van der Waals surface area contributed by atoms with Crippen molar-refractivity contribution in [3.63, 3.8) is 0 Å². The first-order valence-corrected chi connectivity index (χ1v) is 7.24. The number of Topliss-reactive ketones (excluding diaryl/α,β-unsaturated/α-hetero) is 1. The monoisotopic (exact) mass is 282 g/mol. The number of thiophene rings is 1. The highest BCUT2D eigenvalue weighted by molar-refractivity contribution is 7.13. The number of H-pyrrole nitrogens is 1. The van der Waals surface area contributed by atoms with Crippen LogP contribution in [0.15, 0.2) is 42.0 Å². The Balaban J connectivity index is 2.24. The fourth-order valence-corrected chi connectivity index (χ4v) is 3.18. The van der Waals surface area contributed by atoms with Gasteiger partial charge in [-0.25, -0.2) is 0 Å². The Morgan fingerprint density at radius 3 is 2.55 bits per heavy atom. The predicted octanol–water partition coefficient (Wildman–Crippen LogP) is 4.32. The van der Waals surface area contributed by atoms with E-state index >= 15 is 0 Å². The van der Waals surface area contributed by atoms with Crippen molar-refractivity contribution in [2.45, 2.75) is 13.8 Å². The number of pyridine rings is 1. The average molecular weight is 282 g/mol. The Hall–Kier alpha value is -2.20. The number of aromatic nitrogens is 2. The number of hydrogen-bond acceptors (Lipinski definition) is 3. The molecule has 0 unspecified atom stereocenters. The lowest BCUT2D eigenvalue weighted by atomic mass is 10.0. The summed E-state index contributed by atoms with van der Waals surface area (Å²) in [5, 5.41) is 2.02. The van der Waals surface area contributed by atoms with E-state index in [9.17, 15) is 4.79 Å². The van der Waals surface area contributed by atoms with Crippen molar-refractivity contribution in [3.05, 3.63) is 53.2 Å². The molecule has 0 fully saturated rings. The summed E-state index contributed by atoms with van der Waals surface area (Å²) in [7, 11) is 0. The molecule has 0 aliphatic carbocycles. The molecule has 100 valence electrons. The quantitative estimate of drug-likeness (QED) is 0.727. The minimum Gasteiger partial charge on any atom is -0.353 e. The van der Waals surface area contributed by atoms with Gasteiger partial charge in [0.2, 0.25) is 0 Å². The number of nitrogens with one attached hydrogen (secondary N) is 1. The zero-order valence-electron chi connectivity index (χ0n) is 11.3. The van der Waals surface area contributed by atoms with Gasteiger partial charge in [-0.05, 0) is 43.0 Å². The van der Waals surface area contributed by atoms with E-state index in [1.54, 1.807) is 30.7 Å². The van der Waals surface area contributed by atoms with Gasteiger partial charge in [-0.15, -0.1) is 11.3 Å². The van der Waals surface area contributed by atoms with E-state index in [1.807, 2.05) is 36.6 Å². The number of carbonyl (C=O) groups is 1. The molecule has 4 heteroatoms. The zero-order valence-corrected chi connectivity index (χ0v) is 12.1. The molecule has 0 bridgehead atoms. The molecule has 3 aromatic rings. The lowest BCUT2D eigenvalue weighted by Crippen LogP contribution is -1.94. The molecule has 0 atom stereocenters. The first kappa shape index (κ1) is 12.8. The molecule has 3 nitrogen and oxygen atoms in total. The fourth-order valence-electron chi connectivity index (χ4n) is 2.45. The Morgan fingerprint density at radius 2 is 1.95 bits per heavy atom. The Labute approximate surface area is 121 Å². The topological polar surface area (TPSA) is 45.8 Å². The molecule has 3 aromatic heterocycles. The highest BCUT2D eigenvalue weighted by atomic mass is 32.1. The minimum atomic E-state index is 0.0856.